The van der Waals surface area contributed by atoms with Gasteiger partial charge in [0.05, 0.1) is 0 Å². The molecular weight excluding hydrogens is 229 g/mol. The molecule has 0 amide bonds. The maximum absolute atomic E-state index is 12.3. The summed E-state index contributed by atoms with van der Waals surface area (Å²) in [4.78, 5) is 2.19. The van der Waals surface area contributed by atoms with Crippen molar-refractivity contribution in [1.82, 2.24) is 10.2 Å². The first-order valence-corrected chi connectivity index (χ1v) is 6.18. The van der Waals surface area contributed by atoms with E-state index < -0.39 is 12.6 Å². The van der Waals surface area contributed by atoms with Gasteiger partial charge in [-0.05, 0) is 40.4 Å². The van der Waals surface area contributed by atoms with E-state index in [4.69, 9.17) is 0 Å². The van der Waals surface area contributed by atoms with Crippen molar-refractivity contribution < 1.29 is 13.2 Å². The van der Waals surface area contributed by atoms with E-state index in [1.165, 1.54) is 0 Å². The predicted molar refractivity (Wildman–Crippen MR) is 65.1 cm³/mol. The van der Waals surface area contributed by atoms with Crippen molar-refractivity contribution in [3.05, 3.63) is 0 Å². The number of rotatable bonds is 7. The van der Waals surface area contributed by atoms with Crippen molar-refractivity contribution >= 4 is 0 Å². The smallest absolute Gasteiger partial charge is 0.315 e. The topological polar surface area (TPSA) is 15.3 Å². The van der Waals surface area contributed by atoms with Crippen molar-refractivity contribution in [2.45, 2.75) is 58.3 Å². The van der Waals surface area contributed by atoms with Crippen LogP contribution in [0.15, 0.2) is 0 Å². The number of nitrogens with zero attached hydrogens (tertiary/aromatic N) is 1. The number of nitrogens with one attached hydrogen (secondary N) is 1. The molecule has 104 valence electrons. The average Bonchev–Trinajstić information content (AvgIpc) is 2.17. The second-order valence-corrected chi connectivity index (χ2v) is 4.82. The first-order valence-electron chi connectivity index (χ1n) is 6.18. The Morgan fingerprint density at radius 1 is 1.12 bits per heavy atom. The van der Waals surface area contributed by atoms with Gasteiger partial charge in [-0.3, -0.25) is 4.90 Å². The standard InChI is InChI=1S/C12H25F3N2/c1-6-17(7-2)11(3,4)10(16-5)8-9-12(13,14)15/h10,16H,6-9H2,1-5H3. The van der Waals surface area contributed by atoms with Crippen molar-refractivity contribution in [1.29, 1.82) is 0 Å². The molecule has 0 bridgehead atoms. The molecule has 17 heavy (non-hydrogen) atoms. The zero-order valence-electron chi connectivity index (χ0n) is 11.5. The highest BCUT2D eigenvalue weighted by atomic mass is 19.4. The Morgan fingerprint density at radius 3 is 1.88 bits per heavy atom. The molecule has 0 heterocycles. The Labute approximate surface area is 103 Å². The van der Waals surface area contributed by atoms with Crippen LogP contribution in [0, 0.1) is 0 Å². The zero-order valence-corrected chi connectivity index (χ0v) is 11.5. The Morgan fingerprint density at radius 2 is 1.59 bits per heavy atom. The monoisotopic (exact) mass is 254 g/mol. The van der Waals surface area contributed by atoms with Gasteiger partial charge >= 0.3 is 6.18 Å². The number of halogens is 3. The maximum Gasteiger partial charge on any atom is 0.389 e. The summed E-state index contributed by atoms with van der Waals surface area (Å²) in [5, 5.41) is 3.02. The fraction of sp³-hybridized carbons (Fsp3) is 1.00. The van der Waals surface area contributed by atoms with E-state index in [0.717, 1.165) is 13.1 Å². The molecule has 5 heteroatoms. The van der Waals surface area contributed by atoms with E-state index in [0.29, 0.717) is 0 Å². The van der Waals surface area contributed by atoms with Gasteiger partial charge in [0.25, 0.3) is 0 Å². The van der Waals surface area contributed by atoms with Crippen LogP contribution < -0.4 is 5.32 Å². The summed E-state index contributed by atoms with van der Waals surface area (Å²) >= 11 is 0. The third kappa shape index (κ3) is 5.25. The first-order chi connectivity index (χ1) is 7.69. The highest BCUT2D eigenvalue weighted by Crippen LogP contribution is 2.27. The number of hydrogen-bond acceptors (Lipinski definition) is 2. The van der Waals surface area contributed by atoms with Crippen LogP contribution in [0.4, 0.5) is 13.2 Å². The molecule has 0 rings (SSSR count). The van der Waals surface area contributed by atoms with Crippen LogP contribution in [0.3, 0.4) is 0 Å². The highest BCUT2D eigenvalue weighted by molar-refractivity contribution is 4.92. The number of alkyl halides is 3. The Hall–Kier alpha value is -0.290. The van der Waals surface area contributed by atoms with Crippen LogP contribution in [0.1, 0.15) is 40.5 Å². The molecule has 0 aromatic heterocycles. The van der Waals surface area contributed by atoms with E-state index in [2.05, 4.69) is 10.2 Å². The molecule has 0 saturated carbocycles. The average molecular weight is 254 g/mol. The lowest BCUT2D eigenvalue weighted by Crippen LogP contribution is -2.57. The van der Waals surface area contributed by atoms with Crippen molar-refractivity contribution in [3.63, 3.8) is 0 Å². The molecular formula is C12H25F3N2. The summed E-state index contributed by atoms with van der Waals surface area (Å²) in [6.45, 7) is 9.74. The van der Waals surface area contributed by atoms with Gasteiger partial charge in [-0.25, -0.2) is 0 Å². The maximum atomic E-state index is 12.3. The minimum atomic E-state index is -4.07. The Kier molecular flexibility index (Phi) is 6.48. The largest absolute Gasteiger partial charge is 0.389 e. The zero-order chi connectivity index (χ0) is 13.7. The lowest BCUT2D eigenvalue weighted by molar-refractivity contribution is -0.138. The lowest BCUT2D eigenvalue weighted by Gasteiger charge is -2.43. The molecule has 0 fully saturated rings. The SMILES string of the molecule is CCN(CC)C(C)(C)C(CCC(F)(F)F)NC. The molecule has 0 aliphatic carbocycles. The van der Waals surface area contributed by atoms with Gasteiger partial charge in [0.2, 0.25) is 0 Å². The van der Waals surface area contributed by atoms with E-state index >= 15 is 0 Å². The highest BCUT2D eigenvalue weighted by Gasteiger charge is 2.36. The summed E-state index contributed by atoms with van der Waals surface area (Å²) in [6, 6.07) is -0.163. The van der Waals surface area contributed by atoms with Crippen LogP contribution in [0.5, 0.6) is 0 Å². The quantitative estimate of drug-likeness (QED) is 0.751. The third-order valence-corrected chi connectivity index (χ3v) is 3.50. The van der Waals surface area contributed by atoms with Gasteiger partial charge in [0, 0.05) is 18.0 Å². The van der Waals surface area contributed by atoms with Crippen molar-refractivity contribution in [3.8, 4) is 0 Å². The van der Waals surface area contributed by atoms with Gasteiger partial charge in [-0.2, -0.15) is 13.2 Å². The van der Waals surface area contributed by atoms with Crippen LogP contribution in [0.25, 0.3) is 0 Å². The van der Waals surface area contributed by atoms with Gasteiger partial charge in [0.15, 0.2) is 0 Å². The van der Waals surface area contributed by atoms with Crippen LogP contribution in [-0.2, 0) is 0 Å². The molecule has 0 aliphatic rings. The number of hydrogen-bond donors (Lipinski definition) is 1. The normalized spacial score (nSPS) is 15.4. The molecule has 1 unspecified atom stereocenters. The molecule has 1 atom stereocenters. The Balaban J connectivity index is 4.62. The van der Waals surface area contributed by atoms with Gasteiger partial charge in [0.1, 0.15) is 0 Å². The summed E-state index contributed by atoms with van der Waals surface area (Å²) in [6.07, 6.45) is -4.69. The second-order valence-electron chi connectivity index (χ2n) is 4.82. The molecule has 0 saturated heterocycles. The fourth-order valence-electron chi connectivity index (χ4n) is 2.42. The second kappa shape index (κ2) is 6.59. The molecule has 1 N–H and O–H groups in total. The van der Waals surface area contributed by atoms with E-state index in [1.54, 1.807) is 7.05 Å². The van der Waals surface area contributed by atoms with E-state index in [-0.39, 0.29) is 18.0 Å². The summed E-state index contributed by atoms with van der Waals surface area (Å²) in [5.74, 6) is 0. The molecule has 0 aliphatic heterocycles. The minimum Gasteiger partial charge on any atom is -0.315 e. The molecule has 0 spiro atoms. The molecule has 0 aromatic rings. The predicted octanol–water partition coefficient (Wildman–Crippen LogP) is 3.04. The molecule has 0 aromatic carbocycles. The minimum absolute atomic E-state index is 0.115. The fourth-order valence-corrected chi connectivity index (χ4v) is 2.42. The third-order valence-electron chi connectivity index (χ3n) is 3.50. The number of likely N-dealkylation sites (N-methyl/N-ethyl adjacent to an activating group) is 2. The van der Waals surface area contributed by atoms with E-state index in [9.17, 15) is 13.2 Å². The lowest BCUT2D eigenvalue weighted by atomic mass is 9.88. The van der Waals surface area contributed by atoms with Crippen molar-refractivity contribution in [2.24, 2.45) is 0 Å². The summed E-state index contributed by atoms with van der Waals surface area (Å²) in [7, 11) is 1.73. The van der Waals surface area contributed by atoms with Crippen LogP contribution in [0.2, 0.25) is 0 Å². The van der Waals surface area contributed by atoms with Crippen LogP contribution >= 0.6 is 0 Å². The van der Waals surface area contributed by atoms with Gasteiger partial charge < -0.3 is 5.32 Å². The Bertz CT molecular complexity index is 210. The van der Waals surface area contributed by atoms with Crippen molar-refractivity contribution in [2.75, 3.05) is 20.1 Å². The van der Waals surface area contributed by atoms with Gasteiger partial charge in [-0.15, -0.1) is 0 Å². The molecule has 0 radical (unpaired) electrons. The van der Waals surface area contributed by atoms with Gasteiger partial charge in [-0.1, -0.05) is 13.8 Å². The van der Waals surface area contributed by atoms with E-state index in [1.807, 2.05) is 27.7 Å². The summed E-state index contributed by atoms with van der Waals surface area (Å²) < 4.78 is 36.8. The first kappa shape index (κ1) is 16.7. The summed E-state index contributed by atoms with van der Waals surface area (Å²) in [5.41, 5.74) is -0.274. The molecule has 2 nitrogen and oxygen atoms in total. The van der Waals surface area contributed by atoms with Crippen LogP contribution in [-0.4, -0.2) is 42.8 Å².